The van der Waals surface area contributed by atoms with Crippen molar-refractivity contribution in [2.45, 2.75) is 19.9 Å². The largest absolute Gasteiger partial charge is 0.496 e. The standard InChI is InChI=1S/C21H29N3O3.HI/c1-5-22-21(23-12-11-16-9-7-6-8-10-16)24-15-18-19(26-3)13-17(25-2)14-20(18)27-4;/h6-10,13-14H,5,11-12,15H2,1-4H3,(H2,22,23,24);1H. The molecule has 7 heteroatoms. The molecule has 0 radical (unpaired) electrons. The number of rotatable bonds is 9. The van der Waals surface area contributed by atoms with Gasteiger partial charge >= 0.3 is 0 Å². The third-order valence-electron chi connectivity index (χ3n) is 4.11. The van der Waals surface area contributed by atoms with Crippen LogP contribution < -0.4 is 24.8 Å². The van der Waals surface area contributed by atoms with Gasteiger partial charge in [-0.15, -0.1) is 24.0 Å². The molecule has 2 aromatic rings. The number of halogens is 1. The number of ether oxygens (including phenoxy) is 3. The summed E-state index contributed by atoms with van der Waals surface area (Å²) in [4.78, 5) is 4.68. The summed E-state index contributed by atoms with van der Waals surface area (Å²) in [7, 11) is 4.88. The van der Waals surface area contributed by atoms with Gasteiger partial charge in [-0.2, -0.15) is 0 Å². The molecule has 0 saturated heterocycles. The molecule has 0 atom stereocenters. The Kier molecular flexibility index (Phi) is 11.2. The van der Waals surface area contributed by atoms with Crippen molar-refractivity contribution in [1.82, 2.24) is 10.6 Å². The summed E-state index contributed by atoms with van der Waals surface area (Å²) in [6.45, 7) is 4.06. The lowest BCUT2D eigenvalue weighted by molar-refractivity contribution is 0.369. The third-order valence-corrected chi connectivity index (χ3v) is 4.11. The SMILES string of the molecule is CCNC(=NCc1c(OC)cc(OC)cc1OC)NCCc1ccccc1.I. The van der Waals surface area contributed by atoms with Gasteiger partial charge in [-0.25, -0.2) is 4.99 Å². The van der Waals surface area contributed by atoms with Crippen LogP contribution in [-0.4, -0.2) is 40.4 Å². The van der Waals surface area contributed by atoms with E-state index in [0.29, 0.717) is 23.8 Å². The smallest absolute Gasteiger partial charge is 0.191 e. The number of guanidine groups is 1. The maximum absolute atomic E-state index is 5.49. The number of aliphatic imine (C=N–C) groups is 1. The first kappa shape index (κ1) is 23.9. The lowest BCUT2D eigenvalue weighted by Gasteiger charge is -2.15. The van der Waals surface area contributed by atoms with Crippen molar-refractivity contribution >= 4 is 29.9 Å². The zero-order valence-corrected chi connectivity index (χ0v) is 19.3. The lowest BCUT2D eigenvalue weighted by atomic mass is 10.1. The summed E-state index contributed by atoms with van der Waals surface area (Å²) in [6.07, 6.45) is 0.931. The van der Waals surface area contributed by atoms with Crippen LogP contribution in [0.15, 0.2) is 47.5 Å². The maximum atomic E-state index is 5.49. The number of benzene rings is 2. The van der Waals surface area contributed by atoms with Gasteiger partial charge in [-0.3, -0.25) is 0 Å². The molecular formula is C21H30IN3O3. The van der Waals surface area contributed by atoms with Gasteiger partial charge in [0.1, 0.15) is 17.2 Å². The van der Waals surface area contributed by atoms with E-state index >= 15 is 0 Å². The van der Waals surface area contributed by atoms with Gasteiger partial charge in [0.05, 0.1) is 33.4 Å². The first-order chi connectivity index (χ1) is 13.2. The fraction of sp³-hybridized carbons (Fsp3) is 0.381. The predicted octanol–water partition coefficient (Wildman–Crippen LogP) is 3.63. The highest BCUT2D eigenvalue weighted by Crippen LogP contribution is 2.34. The summed E-state index contributed by atoms with van der Waals surface area (Å²) >= 11 is 0. The number of nitrogens with one attached hydrogen (secondary N) is 2. The lowest BCUT2D eigenvalue weighted by Crippen LogP contribution is -2.38. The second-order valence-corrected chi connectivity index (χ2v) is 5.87. The van der Waals surface area contributed by atoms with Crippen molar-refractivity contribution in [3.63, 3.8) is 0 Å². The topological polar surface area (TPSA) is 64.1 Å². The molecule has 2 N–H and O–H groups in total. The molecule has 0 spiro atoms. The highest BCUT2D eigenvalue weighted by molar-refractivity contribution is 14.0. The van der Waals surface area contributed by atoms with Gasteiger partial charge in [0, 0.05) is 25.2 Å². The Bertz CT molecular complexity index is 714. The molecule has 6 nitrogen and oxygen atoms in total. The quantitative estimate of drug-likeness (QED) is 0.314. The molecule has 154 valence electrons. The Morgan fingerprint density at radius 1 is 0.929 bits per heavy atom. The van der Waals surface area contributed by atoms with Crippen LogP contribution in [0.2, 0.25) is 0 Å². The molecule has 0 amide bonds. The predicted molar refractivity (Wildman–Crippen MR) is 124 cm³/mol. The van der Waals surface area contributed by atoms with Crippen molar-refractivity contribution in [2.75, 3.05) is 34.4 Å². The van der Waals surface area contributed by atoms with Crippen molar-refractivity contribution in [3.05, 3.63) is 53.6 Å². The van der Waals surface area contributed by atoms with E-state index in [9.17, 15) is 0 Å². The van der Waals surface area contributed by atoms with Crippen LogP contribution in [0.25, 0.3) is 0 Å². The average molecular weight is 499 g/mol. The van der Waals surface area contributed by atoms with Crippen LogP contribution in [0.3, 0.4) is 0 Å². The second kappa shape index (κ2) is 13.1. The number of hydrogen-bond acceptors (Lipinski definition) is 4. The number of nitrogens with zero attached hydrogens (tertiary/aromatic N) is 1. The third kappa shape index (κ3) is 7.10. The molecule has 0 bridgehead atoms. The molecule has 0 aliphatic rings. The molecule has 0 aromatic heterocycles. The molecule has 0 aliphatic carbocycles. The highest BCUT2D eigenvalue weighted by Gasteiger charge is 2.13. The molecular weight excluding hydrogens is 469 g/mol. The molecule has 0 fully saturated rings. The number of methoxy groups -OCH3 is 3. The molecule has 2 aromatic carbocycles. The van der Waals surface area contributed by atoms with Crippen LogP contribution >= 0.6 is 24.0 Å². The maximum Gasteiger partial charge on any atom is 0.191 e. The van der Waals surface area contributed by atoms with Crippen molar-refractivity contribution in [1.29, 1.82) is 0 Å². The Morgan fingerprint density at radius 3 is 2.11 bits per heavy atom. The van der Waals surface area contributed by atoms with Crippen LogP contribution in [0.4, 0.5) is 0 Å². The summed E-state index contributed by atoms with van der Waals surface area (Å²) in [6, 6.07) is 14.1. The van der Waals surface area contributed by atoms with Crippen molar-refractivity contribution < 1.29 is 14.2 Å². The Labute approximate surface area is 184 Å². The van der Waals surface area contributed by atoms with E-state index in [1.165, 1.54) is 5.56 Å². The number of hydrogen-bond donors (Lipinski definition) is 2. The molecule has 0 heterocycles. The van der Waals surface area contributed by atoms with E-state index in [1.807, 2.05) is 25.1 Å². The summed E-state index contributed by atoms with van der Waals surface area (Å²) in [5.41, 5.74) is 2.17. The summed E-state index contributed by atoms with van der Waals surface area (Å²) < 4.78 is 16.3. The Hall–Kier alpha value is -2.16. The van der Waals surface area contributed by atoms with Gasteiger partial charge in [0.15, 0.2) is 5.96 Å². The van der Waals surface area contributed by atoms with Crippen molar-refractivity contribution in [2.24, 2.45) is 4.99 Å². The normalized spacial score (nSPS) is 10.6. The average Bonchev–Trinajstić information content (AvgIpc) is 2.72. The van der Waals surface area contributed by atoms with Crippen LogP contribution in [0.5, 0.6) is 17.2 Å². The van der Waals surface area contributed by atoms with E-state index in [0.717, 1.165) is 31.0 Å². The van der Waals surface area contributed by atoms with E-state index in [4.69, 9.17) is 14.2 Å². The monoisotopic (exact) mass is 499 g/mol. The second-order valence-electron chi connectivity index (χ2n) is 5.87. The minimum atomic E-state index is 0. The fourth-order valence-corrected chi connectivity index (χ4v) is 2.70. The molecule has 2 rings (SSSR count). The van der Waals surface area contributed by atoms with E-state index < -0.39 is 0 Å². The highest BCUT2D eigenvalue weighted by atomic mass is 127. The van der Waals surface area contributed by atoms with Gasteiger partial charge in [0.25, 0.3) is 0 Å². The van der Waals surface area contributed by atoms with Crippen molar-refractivity contribution in [3.8, 4) is 17.2 Å². The van der Waals surface area contributed by atoms with Crippen LogP contribution in [0, 0.1) is 0 Å². The minimum absolute atomic E-state index is 0. The van der Waals surface area contributed by atoms with Gasteiger partial charge in [-0.05, 0) is 18.9 Å². The molecule has 0 aliphatic heterocycles. The van der Waals surface area contributed by atoms with Crippen LogP contribution in [0.1, 0.15) is 18.1 Å². The summed E-state index contributed by atoms with van der Waals surface area (Å²) in [5.74, 6) is 2.82. The molecule has 28 heavy (non-hydrogen) atoms. The van der Waals surface area contributed by atoms with E-state index in [1.54, 1.807) is 21.3 Å². The summed E-state index contributed by atoms with van der Waals surface area (Å²) in [5, 5.41) is 6.64. The zero-order chi connectivity index (χ0) is 19.5. The van der Waals surface area contributed by atoms with Gasteiger partial charge < -0.3 is 24.8 Å². The Morgan fingerprint density at radius 2 is 1.57 bits per heavy atom. The molecule has 0 unspecified atom stereocenters. The molecule has 0 saturated carbocycles. The van der Waals surface area contributed by atoms with Gasteiger partial charge in [-0.1, -0.05) is 30.3 Å². The van der Waals surface area contributed by atoms with E-state index in [-0.39, 0.29) is 24.0 Å². The zero-order valence-electron chi connectivity index (χ0n) is 17.0. The Balaban J connectivity index is 0.00000392. The van der Waals surface area contributed by atoms with Gasteiger partial charge in [0.2, 0.25) is 0 Å². The minimum Gasteiger partial charge on any atom is -0.496 e. The van der Waals surface area contributed by atoms with E-state index in [2.05, 4.69) is 39.9 Å². The van der Waals surface area contributed by atoms with Crippen LogP contribution in [-0.2, 0) is 13.0 Å². The first-order valence-corrected chi connectivity index (χ1v) is 9.06. The fourth-order valence-electron chi connectivity index (χ4n) is 2.70. The first-order valence-electron chi connectivity index (χ1n) is 9.06.